The Kier molecular flexibility index (Phi) is 5.62. The van der Waals surface area contributed by atoms with Crippen molar-refractivity contribution in [3.05, 3.63) is 0 Å². The SMILES string of the molecule is CCNCC(CC)N(CC(C)C)C1CC1. The summed E-state index contributed by atoms with van der Waals surface area (Å²) < 4.78 is 0. The van der Waals surface area contributed by atoms with Gasteiger partial charge in [0.15, 0.2) is 0 Å². The van der Waals surface area contributed by atoms with Crippen molar-refractivity contribution in [2.24, 2.45) is 5.92 Å². The highest BCUT2D eigenvalue weighted by Crippen LogP contribution is 2.30. The molecule has 1 aliphatic rings. The molecule has 1 saturated carbocycles. The first-order chi connectivity index (χ1) is 7.19. The second-order valence-electron chi connectivity index (χ2n) is 5.19. The van der Waals surface area contributed by atoms with E-state index in [4.69, 9.17) is 0 Å². The fraction of sp³-hybridized carbons (Fsp3) is 1.00. The maximum absolute atomic E-state index is 3.49. The lowest BCUT2D eigenvalue weighted by atomic mass is 10.1. The number of nitrogens with one attached hydrogen (secondary N) is 1. The molecule has 90 valence electrons. The number of hydrogen-bond donors (Lipinski definition) is 1. The average molecular weight is 212 g/mol. The van der Waals surface area contributed by atoms with Gasteiger partial charge >= 0.3 is 0 Å². The van der Waals surface area contributed by atoms with Gasteiger partial charge in [-0.25, -0.2) is 0 Å². The zero-order valence-electron chi connectivity index (χ0n) is 10.9. The van der Waals surface area contributed by atoms with Gasteiger partial charge in [0, 0.05) is 25.2 Å². The lowest BCUT2D eigenvalue weighted by Crippen LogP contribution is -2.45. The average Bonchev–Trinajstić information content (AvgIpc) is 3.00. The van der Waals surface area contributed by atoms with Crippen LogP contribution in [0, 0.1) is 5.92 Å². The normalized spacial score (nSPS) is 18.8. The largest absolute Gasteiger partial charge is 0.315 e. The molecule has 1 rings (SSSR count). The molecule has 0 radical (unpaired) electrons. The van der Waals surface area contributed by atoms with Crippen molar-refractivity contribution in [3.63, 3.8) is 0 Å². The fourth-order valence-electron chi connectivity index (χ4n) is 2.23. The van der Waals surface area contributed by atoms with Gasteiger partial charge in [-0.2, -0.15) is 0 Å². The molecule has 0 bridgehead atoms. The number of nitrogens with zero attached hydrogens (tertiary/aromatic N) is 1. The minimum absolute atomic E-state index is 0.750. The molecule has 1 atom stereocenters. The van der Waals surface area contributed by atoms with Crippen molar-refractivity contribution in [3.8, 4) is 0 Å². The molecule has 0 spiro atoms. The van der Waals surface area contributed by atoms with Crippen LogP contribution in [-0.4, -0.2) is 36.6 Å². The molecule has 1 unspecified atom stereocenters. The molecule has 0 heterocycles. The molecule has 1 aliphatic carbocycles. The maximum Gasteiger partial charge on any atom is 0.0221 e. The Bertz CT molecular complexity index is 164. The Labute approximate surface area is 95.4 Å². The van der Waals surface area contributed by atoms with Gasteiger partial charge in [-0.3, -0.25) is 4.90 Å². The molecule has 2 heteroatoms. The molecular formula is C13H28N2. The fourth-order valence-corrected chi connectivity index (χ4v) is 2.23. The first-order valence-electron chi connectivity index (χ1n) is 6.65. The predicted molar refractivity (Wildman–Crippen MR) is 67.2 cm³/mol. The first kappa shape index (κ1) is 13.0. The van der Waals surface area contributed by atoms with Crippen LogP contribution in [0.2, 0.25) is 0 Å². The summed E-state index contributed by atoms with van der Waals surface area (Å²) in [6.07, 6.45) is 4.13. The topological polar surface area (TPSA) is 15.3 Å². The standard InChI is InChI=1S/C13H28N2/c1-5-12(9-14-6-2)15(10-11(3)4)13-7-8-13/h11-14H,5-10H2,1-4H3. The van der Waals surface area contributed by atoms with Gasteiger partial charge in [-0.05, 0) is 31.7 Å². The summed E-state index contributed by atoms with van der Waals surface area (Å²) in [6, 6.07) is 1.65. The van der Waals surface area contributed by atoms with Gasteiger partial charge < -0.3 is 5.32 Å². The van der Waals surface area contributed by atoms with Gasteiger partial charge in [0.25, 0.3) is 0 Å². The Morgan fingerprint density at radius 3 is 2.33 bits per heavy atom. The monoisotopic (exact) mass is 212 g/mol. The van der Waals surface area contributed by atoms with Crippen molar-refractivity contribution in [2.75, 3.05) is 19.6 Å². The van der Waals surface area contributed by atoms with Gasteiger partial charge in [0.2, 0.25) is 0 Å². The smallest absolute Gasteiger partial charge is 0.0221 e. The Morgan fingerprint density at radius 1 is 1.27 bits per heavy atom. The molecule has 0 aliphatic heterocycles. The van der Waals surface area contributed by atoms with Crippen LogP contribution in [0.4, 0.5) is 0 Å². The predicted octanol–water partition coefficient (Wildman–Crippen LogP) is 2.49. The van der Waals surface area contributed by atoms with Gasteiger partial charge in [0.1, 0.15) is 0 Å². The summed E-state index contributed by atoms with van der Waals surface area (Å²) in [4.78, 5) is 2.74. The van der Waals surface area contributed by atoms with Gasteiger partial charge in [-0.15, -0.1) is 0 Å². The highest BCUT2D eigenvalue weighted by Gasteiger charge is 2.33. The first-order valence-corrected chi connectivity index (χ1v) is 6.65. The van der Waals surface area contributed by atoms with E-state index in [0.717, 1.165) is 31.1 Å². The van der Waals surface area contributed by atoms with Crippen LogP contribution in [0.25, 0.3) is 0 Å². The third-order valence-electron chi connectivity index (χ3n) is 3.16. The van der Waals surface area contributed by atoms with Crippen molar-refractivity contribution < 1.29 is 0 Å². The van der Waals surface area contributed by atoms with Crippen LogP contribution >= 0.6 is 0 Å². The van der Waals surface area contributed by atoms with E-state index in [1.165, 1.54) is 25.8 Å². The number of hydrogen-bond acceptors (Lipinski definition) is 2. The second-order valence-corrected chi connectivity index (χ2v) is 5.19. The van der Waals surface area contributed by atoms with E-state index in [0.29, 0.717) is 0 Å². The number of rotatable bonds is 8. The molecule has 0 amide bonds. The van der Waals surface area contributed by atoms with E-state index in [1.807, 2.05) is 0 Å². The van der Waals surface area contributed by atoms with E-state index in [9.17, 15) is 0 Å². The van der Waals surface area contributed by atoms with Crippen LogP contribution in [0.3, 0.4) is 0 Å². The van der Waals surface area contributed by atoms with Gasteiger partial charge in [-0.1, -0.05) is 27.7 Å². The van der Waals surface area contributed by atoms with Crippen molar-refractivity contribution in [1.29, 1.82) is 0 Å². The van der Waals surface area contributed by atoms with Crippen LogP contribution in [0.15, 0.2) is 0 Å². The van der Waals surface area contributed by atoms with E-state index in [-0.39, 0.29) is 0 Å². The van der Waals surface area contributed by atoms with Crippen LogP contribution in [0.1, 0.15) is 47.0 Å². The Balaban J connectivity index is 2.42. The number of likely N-dealkylation sites (N-methyl/N-ethyl adjacent to an activating group) is 1. The Hall–Kier alpha value is -0.0800. The van der Waals surface area contributed by atoms with Crippen molar-refractivity contribution >= 4 is 0 Å². The van der Waals surface area contributed by atoms with E-state index < -0.39 is 0 Å². The van der Waals surface area contributed by atoms with E-state index in [2.05, 4.69) is 37.9 Å². The summed E-state index contributed by atoms with van der Waals surface area (Å²) in [6.45, 7) is 12.7. The minimum Gasteiger partial charge on any atom is -0.315 e. The maximum atomic E-state index is 3.49. The zero-order chi connectivity index (χ0) is 11.3. The Morgan fingerprint density at radius 2 is 1.93 bits per heavy atom. The molecule has 0 saturated heterocycles. The summed E-state index contributed by atoms with van der Waals surface area (Å²) in [5.74, 6) is 0.793. The summed E-state index contributed by atoms with van der Waals surface area (Å²) in [5.41, 5.74) is 0. The molecule has 0 aromatic carbocycles. The molecule has 0 aromatic heterocycles. The third-order valence-corrected chi connectivity index (χ3v) is 3.16. The lowest BCUT2D eigenvalue weighted by molar-refractivity contribution is 0.158. The molecule has 15 heavy (non-hydrogen) atoms. The van der Waals surface area contributed by atoms with Gasteiger partial charge in [0.05, 0.1) is 0 Å². The lowest BCUT2D eigenvalue weighted by Gasteiger charge is -2.32. The third kappa shape index (κ3) is 4.52. The van der Waals surface area contributed by atoms with E-state index >= 15 is 0 Å². The summed E-state index contributed by atoms with van der Waals surface area (Å²) in [7, 11) is 0. The highest BCUT2D eigenvalue weighted by molar-refractivity contribution is 4.89. The molecular weight excluding hydrogens is 184 g/mol. The van der Waals surface area contributed by atoms with Crippen LogP contribution < -0.4 is 5.32 Å². The molecule has 0 aromatic rings. The van der Waals surface area contributed by atoms with Crippen LogP contribution in [0.5, 0.6) is 0 Å². The van der Waals surface area contributed by atoms with Crippen LogP contribution in [-0.2, 0) is 0 Å². The molecule has 2 nitrogen and oxygen atoms in total. The second kappa shape index (κ2) is 6.49. The summed E-state index contributed by atoms with van der Waals surface area (Å²) in [5, 5.41) is 3.49. The van der Waals surface area contributed by atoms with Crippen molar-refractivity contribution in [1.82, 2.24) is 10.2 Å². The highest BCUT2D eigenvalue weighted by atomic mass is 15.2. The minimum atomic E-state index is 0.750. The van der Waals surface area contributed by atoms with Crippen molar-refractivity contribution in [2.45, 2.75) is 59.0 Å². The van der Waals surface area contributed by atoms with E-state index in [1.54, 1.807) is 0 Å². The molecule has 1 fully saturated rings. The zero-order valence-corrected chi connectivity index (χ0v) is 10.9. The summed E-state index contributed by atoms with van der Waals surface area (Å²) >= 11 is 0. The quantitative estimate of drug-likeness (QED) is 0.665. The molecule has 1 N–H and O–H groups in total.